The molecule has 0 bridgehead atoms. The van der Waals surface area contributed by atoms with Crippen molar-refractivity contribution in [3.63, 3.8) is 0 Å². The van der Waals surface area contributed by atoms with Gasteiger partial charge in [-0.25, -0.2) is 0 Å². The first-order valence-corrected chi connectivity index (χ1v) is 19.2. The standard InChI is InChI=1S/C43H39N5O4S2/c1-27(2)30-19-17-29(18-20-30)23-37(46-40(50)32-13-8-5-9-14-32)41(51)45-33-15-10-16-34(24-33)53-39(31-11-6-4-7-12-31)42(52)47-43-36(25-44)35-21-22-48(28(3)49)26-38(35)54-43/h4-20,23-24,27,39H,21-22,26H2,1-3H3,(H,45,51)(H,46,50)(H,47,52)/b37-23+. The van der Waals surface area contributed by atoms with Gasteiger partial charge in [-0.2, -0.15) is 5.26 Å². The molecule has 4 amide bonds. The molecular weight excluding hydrogens is 715 g/mol. The molecule has 1 aliphatic rings. The zero-order chi connectivity index (χ0) is 38.2. The topological polar surface area (TPSA) is 131 Å². The van der Waals surface area contributed by atoms with E-state index in [0.29, 0.717) is 52.1 Å². The number of hydrogen-bond donors (Lipinski definition) is 3. The molecule has 1 atom stereocenters. The number of nitrogens with one attached hydrogen (secondary N) is 3. The predicted octanol–water partition coefficient (Wildman–Crippen LogP) is 8.53. The van der Waals surface area contributed by atoms with Crippen LogP contribution in [0.5, 0.6) is 0 Å². The van der Waals surface area contributed by atoms with Gasteiger partial charge in [-0.3, -0.25) is 19.2 Å². The van der Waals surface area contributed by atoms with E-state index in [9.17, 15) is 24.4 Å². The Hall–Kier alpha value is -5.96. The van der Waals surface area contributed by atoms with Gasteiger partial charge in [0.25, 0.3) is 11.8 Å². The third-order valence-electron chi connectivity index (χ3n) is 8.98. The van der Waals surface area contributed by atoms with Gasteiger partial charge in [0.15, 0.2) is 0 Å². The van der Waals surface area contributed by atoms with E-state index in [4.69, 9.17) is 0 Å². The third kappa shape index (κ3) is 9.15. The van der Waals surface area contributed by atoms with Crippen molar-refractivity contribution >= 4 is 63.5 Å². The van der Waals surface area contributed by atoms with E-state index in [-0.39, 0.29) is 17.5 Å². The van der Waals surface area contributed by atoms with Gasteiger partial charge in [-0.05, 0) is 71.0 Å². The highest BCUT2D eigenvalue weighted by Crippen LogP contribution is 2.40. The van der Waals surface area contributed by atoms with Crippen molar-refractivity contribution in [2.75, 3.05) is 17.2 Å². The van der Waals surface area contributed by atoms with Crippen molar-refractivity contribution < 1.29 is 19.2 Å². The van der Waals surface area contributed by atoms with E-state index >= 15 is 0 Å². The summed E-state index contributed by atoms with van der Waals surface area (Å²) in [6, 6.07) is 35.3. The van der Waals surface area contributed by atoms with Crippen LogP contribution in [0.3, 0.4) is 0 Å². The number of nitrogens with zero attached hydrogens (tertiary/aromatic N) is 2. The zero-order valence-electron chi connectivity index (χ0n) is 30.1. The first kappa shape index (κ1) is 37.8. The summed E-state index contributed by atoms with van der Waals surface area (Å²) in [5.41, 5.74) is 4.94. The Bertz CT molecular complexity index is 2240. The van der Waals surface area contributed by atoms with Gasteiger partial charge in [-0.15, -0.1) is 23.1 Å². The number of anilines is 2. The van der Waals surface area contributed by atoms with Crippen LogP contribution in [-0.4, -0.2) is 35.1 Å². The number of carbonyl (C=O) groups is 4. The SMILES string of the molecule is CC(=O)N1CCc2c(sc(NC(=O)C(Sc3cccc(NC(=O)/C(=C\c4ccc(C(C)C)cc4)NC(=O)c4ccccc4)c3)c3ccccc3)c2C#N)C1. The van der Waals surface area contributed by atoms with Crippen LogP contribution in [0.4, 0.5) is 10.7 Å². The summed E-state index contributed by atoms with van der Waals surface area (Å²) in [5, 5.41) is 18.6. The lowest BCUT2D eigenvalue weighted by molar-refractivity contribution is -0.129. The summed E-state index contributed by atoms with van der Waals surface area (Å²) in [6.45, 7) is 6.68. The summed E-state index contributed by atoms with van der Waals surface area (Å²) in [5.74, 6) is -0.925. The molecule has 0 fully saturated rings. The van der Waals surface area contributed by atoms with Crippen LogP contribution in [0.2, 0.25) is 0 Å². The van der Waals surface area contributed by atoms with E-state index < -0.39 is 17.1 Å². The Morgan fingerprint density at radius 2 is 1.57 bits per heavy atom. The molecule has 9 nitrogen and oxygen atoms in total. The van der Waals surface area contributed by atoms with Crippen molar-refractivity contribution in [1.29, 1.82) is 5.26 Å². The molecule has 0 aliphatic carbocycles. The molecule has 4 aromatic carbocycles. The zero-order valence-corrected chi connectivity index (χ0v) is 31.7. The highest BCUT2D eigenvalue weighted by molar-refractivity contribution is 8.00. The number of thiophene rings is 1. The van der Waals surface area contributed by atoms with Crippen molar-refractivity contribution in [2.45, 2.75) is 49.8 Å². The van der Waals surface area contributed by atoms with Crippen LogP contribution in [0.25, 0.3) is 6.08 Å². The molecule has 0 spiro atoms. The molecular formula is C43H39N5O4S2. The maximum atomic E-state index is 14.1. The second-order valence-electron chi connectivity index (χ2n) is 13.1. The first-order valence-electron chi connectivity index (χ1n) is 17.5. The summed E-state index contributed by atoms with van der Waals surface area (Å²) >= 11 is 2.64. The lowest BCUT2D eigenvalue weighted by Crippen LogP contribution is -2.33. The van der Waals surface area contributed by atoms with Gasteiger partial charge in [0, 0.05) is 34.5 Å². The van der Waals surface area contributed by atoms with E-state index in [1.54, 1.807) is 53.4 Å². The van der Waals surface area contributed by atoms with Crippen molar-refractivity contribution in [3.8, 4) is 6.07 Å². The van der Waals surface area contributed by atoms with E-state index in [0.717, 1.165) is 27.1 Å². The molecule has 1 aliphatic heterocycles. The predicted molar refractivity (Wildman–Crippen MR) is 215 cm³/mol. The second-order valence-corrected chi connectivity index (χ2v) is 15.4. The Morgan fingerprint density at radius 1 is 0.870 bits per heavy atom. The van der Waals surface area contributed by atoms with Gasteiger partial charge >= 0.3 is 0 Å². The summed E-state index contributed by atoms with van der Waals surface area (Å²) < 4.78 is 0. The maximum Gasteiger partial charge on any atom is 0.272 e. The highest BCUT2D eigenvalue weighted by atomic mass is 32.2. The molecule has 6 rings (SSSR count). The normalized spacial score (nSPS) is 13.0. The van der Waals surface area contributed by atoms with Crippen molar-refractivity contribution in [3.05, 3.63) is 153 Å². The minimum Gasteiger partial charge on any atom is -0.337 e. The lowest BCUT2D eigenvalue weighted by Gasteiger charge is -2.25. The average molecular weight is 754 g/mol. The molecule has 0 saturated heterocycles. The summed E-state index contributed by atoms with van der Waals surface area (Å²) in [4.78, 5) is 56.4. The Balaban J connectivity index is 1.23. The lowest BCUT2D eigenvalue weighted by atomic mass is 10.0. The molecule has 11 heteroatoms. The van der Waals surface area contributed by atoms with E-state index in [2.05, 4.69) is 35.9 Å². The molecule has 0 radical (unpaired) electrons. The number of amides is 4. The minimum absolute atomic E-state index is 0.0299. The monoisotopic (exact) mass is 753 g/mol. The molecule has 2 heterocycles. The Labute approximate surface area is 323 Å². The van der Waals surface area contributed by atoms with Crippen LogP contribution in [0, 0.1) is 11.3 Å². The smallest absolute Gasteiger partial charge is 0.272 e. The number of nitriles is 1. The van der Waals surface area contributed by atoms with Crippen LogP contribution >= 0.6 is 23.1 Å². The molecule has 1 aromatic heterocycles. The van der Waals surface area contributed by atoms with Gasteiger partial charge < -0.3 is 20.9 Å². The molecule has 272 valence electrons. The van der Waals surface area contributed by atoms with Crippen LogP contribution in [-0.2, 0) is 27.3 Å². The number of hydrogen-bond acceptors (Lipinski definition) is 7. The molecule has 54 heavy (non-hydrogen) atoms. The number of thioether (sulfide) groups is 1. The fraction of sp³-hybridized carbons (Fsp3) is 0.186. The Morgan fingerprint density at radius 3 is 2.24 bits per heavy atom. The molecule has 3 N–H and O–H groups in total. The van der Waals surface area contributed by atoms with Crippen molar-refractivity contribution in [2.24, 2.45) is 0 Å². The Kier molecular flexibility index (Phi) is 12.1. The molecule has 1 unspecified atom stereocenters. The highest BCUT2D eigenvalue weighted by Gasteiger charge is 2.29. The number of fused-ring (bicyclic) bond motifs is 1. The molecule has 0 saturated carbocycles. The first-order chi connectivity index (χ1) is 26.1. The summed E-state index contributed by atoms with van der Waals surface area (Å²) in [6.07, 6.45) is 2.20. The van der Waals surface area contributed by atoms with E-state index in [1.165, 1.54) is 30.0 Å². The average Bonchev–Trinajstić information content (AvgIpc) is 3.53. The fourth-order valence-corrected chi connectivity index (χ4v) is 8.32. The van der Waals surface area contributed by atoms with Crippen molar-refractivity contribution in [1.82, 2.24) is 10.2 Å². The third-order valence-corrected chi connectivity index (χ3v) is 11.4. The van der Waals surface area contributed by atoms with Crippen LogP contribution in [0.15, 0.2) is 120 Å². The number of carbonyl (C=O) groups excluding carboxylic acids is 4. The molecule has 5 aromatic rings. The number of rotatable bonds is 11. The van der Waals surface area contributed by atoms with Crippen LogP contribution < -0.4 is 16.0 Å². The maximum absolute atomic E-state index is 14.1. The number of benzene rings is 4. The quantitative estimate of drug-likeness (QED) is 0.0916. The van der Waals surface area contributed by atoms with Crippen LogP contribution in [0.1, 0.15) is 75.0 Å². The second kappa shape index (κ2) is 17.2. The van der Waals surface area contributed by atoms with E-state index in [1.807, 2.05) is 66.7 Å². The van der Waals surface area contributed by atoms with Gasteiger partial charge in [0.05, 0.1) is 12.1 Å². The fourth-order valence-electron chi connectivity index (χ4n) is 6.02. The summed E-state index contributed by atoms with van der Waals surface area (Å²) in [7, 11) is 0. The van der Waals surface area contributed by atoms with Gasteiger partial charge in [0.1, 0.15) is 22.0 Å². The largest absolute Gasteiger partial charge is 0.337 e. The van der Waals surface area contributed by atoms with Gasteiger partial charge in [0.2, 0.25) is 11.8 Å². The van der Waals surface area contributed by atoms with Gasteiger partial charge in [-0.1, -0.05) is 92.7 Å². The minimum atomic E-state index is -0.703.